The predicted molar refractivity (Wildman–Crippen MR) is 219 cm³/mol. The van der Waals surface area contributed by atoms with Gasteiger partial charge in [-0.3, -0.25) is 9.59 Å². The molecule has 0 aliphatic carbocycles. The van der Waals surface area contributed by atoms with E-state index in [4.69, 9.17) is 30.0 Å². The number of nitrogens with zero attached hydrogens (tertiary/aromatic N) is 1. The number of likely N-dealkylation sites (N-methyl/N-ethyl adjacent to an activating group) is 1. The first-order valence-corrected chi connectivity index (χ1v) is 22.2. The van der Waals surface area contributed by atoms with Crippen molar-refractivity contribution in [3.63, 3.8) is 0 Å². The molecular formula is C43H60F2N2O9Si. The van der Waals surface area contributed by atoms with Crippen molar-refractivity contribution in [1.82, 2.24) is 5.32 Å². The van der Waals surface area contributed by atoms with Crippen LogP contribution >= 0.6 is 0 Å². The topological polar surface area (TPSA) is 180 Å². The molecule has 3 aromatic carbocycles. The maximum atomic E-state index is 13.8. The fraction of sp³-hybridized carbons (Fsp3) is 0.488. The van der Waals surface area contributed by atoms with Gasteiger partial charge in [0, 0.05) is 18.7 Å². The number of carbonyl (C=O) groups excluding carboxylic acids is 1. The van der Waals surface area contributed by atoms with Crippen LogP contribution in [0.2, 0.25) is 18.1 Å². The maximum Gasteiger partial charge on any atom is 0.303 e. The van der Waals surface area contributed by atoms with Crippen LogP contribution in [0.15, 0.2) is 78.9 Å². The van der Waals surface area contributed by atoms with Gasteiger partial charge < -0.3 is 45.3 Å². The zero-order chi connectivity index (χ0) is 42.5. The molecule has 57 heavy (non-hydrogen) atoms. The minimum atomic E-state index is -2.19. The molecule has 0 spiro atoms. The molecule has 0 saturated carbocycles. The number of aliphatic carboxylic acids is 1. The molecule has 1 amide bonds. The number of anilines is 1. The summed E-state index contributed by atoms with van der Waals surface area (Å²) in [4.78, 5) is 26.2. The molecule has 11 nitrogen and oxygen atoms in total. The lowest BCUT2D eigenvalue weighted by molar-refractivity contribution is -0.137. The van der Waals surface area contributed by atoms with E-state index in [1.54, 1.807) is 36.2 Å². The Balaban J connectivity index is 0.000000573. The summed E-state index contributed by atoms with van der Waals surface area (Å²) in [6.07, 6.45) is 0.585. The number of carbonyl (C=O) groups is 2. The van der Waals surface area contributed by atoms with E-state index in [-0.39, 0.29) is 53.6 Å². The number of aliphatic hydroxyl groups is 5. The Kier molecular flexibility index (Phi) is 18.1. The number of unbranched alkanes of at least 4 members (excludes halogenated alkanes) is 1. The molecule has 0 bridgehead atoms. The molecule has 314 valence electrons. The molecule has 7 N–H and O–H groups in total. The Morgan fingerprint density at radius 2 is 1.47 bits per heavy atom. The number of β-lactam (4-membered cyclic amide) rings is 1. The molecule has 1 saturated heterocycles. The van der Waals surface area contributed by atoms with Gasteiger partial charge in [0.05, 0.1) is 30.8 Å². The summed E-state index contributed by atoms with van der Waals surface area (Å²) in [6.45, 7) is 10.4. The normalized spacial score (nSPS) is 18.6. The molecule has 1 aliphatic rings. The lowest BCUT2D eigenvalue weighted by atomic mass is 9.78. The number of aliphatic hydroxyl groups excluding tert-OH is 5. The second kappa shape index (κ2) is 21.8. The Morgan fingerprint density at radius 3 is 2.00 bits per heavy atom. The van der Waals surface area contributed by atoms with Gasteiger partial charge in [0.15, 0.2) is 8.32 Å². The van der Waals surface area contributed by atoms with Crippen molar-refractivity contribution in [2.45, 2.75) is 108 Å². The molecular weight excluding hydrogens is 755 g/mol. The van der Waals surface area contributed by atoms with Gasteiger partial charge in [0.1, 0.15) is 29.9 Å². The van der Waals surface area contributed by atoms with Crippen molar-refractivity contribution in [2.75, 3.05) is 25.1 Å². The zero-order valence-corrected chi connectivity index (χ0v) is 34.7. The van der Waals surface area contributed by atoms with Crippen LogP contribution in [-0.2, 0) is 14.0 Å². The number of carboxylic acid groups (broad SMARTS) is 1. The van der Waals surface area contributed by atoms with Gasteiger partial charge in [0.2, 0.25) is 5.91 Å². The van der Waals surface area contributed by atoms with Gasteiger partial charge in [-0.05, 0) is 104 Å². The molecule has 1 heterocycles. The standard InChI is InChI=1S/C36H43F2NO4Si.C7H17NO5/c1-36(2,3)44(4,5)43-32(26-15-17-28(37)18-16-26)24-23-31-34(39(35(31)42)30-21-19-29(38)20-22-30)27-13-11-25(12-14-27)9-7-6-8-10-33(40)41;1-8-2-4(10)6(12)7(13)5(11)3-9/h7,9,11-22,31-32,34H,6,8,10,23-24H2,1-5H3,(H,40,41);4-13H,2-3H2,1H3. The molecule has 4 rings (SSSR count). The van der Waals surface area contributed by atoms with E-state index in [0.717, 1.165) is 16.7 Å². The van der Waals surface area contributed by atoms with E-state index in [0.29, 0.717) is 31.4 Å². The van der Waals surface area contributed by atoms with Crippen LogP contribution in [0.5, 0.6) is 0 Å². The van der Waals surface area contributed by atoms with E-state index in [9.17, 15) is 23.5 Å². The first-order chi connectivity index (χ1) is 26.8. The number of allylic oxidation sites excluding steroid dienone is 1. The van der Waals surface area contributed by atoms with Gasteiger partial charge in [-0.15, -0.1) is 0 Å². The van der Waals surface area contributed by atoms with E-state index in [1.165, 1.54) is 24.3 Å². The maximum absolute atomic E-state index is 13.8. The van der Waals surface area contributed by atoms with Crippen molar-refractivity contribution in [1.29, 1.82) is 0 Å². The van der Waals surface area contributed by atoms with Crippen LogP contribution in [0, 0.1) is 17.6 Å². The minimum Gasteiger partial charge on any atom is -0.481 e. The summed E-state index contributed by atoms with van der Waals surface area (Å²) in [6, 6.07) is 20.2. The number of nitrogens with one attached hydrogen (secondary N) is 1. The van der Waals surface area contributed by atoms with Crippen molar-refractivity contribution in [3.8, 4) is 0 Å². The number of halogens is 2. The summed E-state index contributed by atoms with van der Waals surface area (Å²) in [5, 5.41) is 56.3. The van der Waals surface area contributed by atoms with Crippen LogP contribution in [0.3, 0.4) is 0 Å². The van der Waals surface area contributed by atoms with E-state index in [1.807, 2.05) is 36.4 Å². The number of amides is 1. The second-order valence-corrected chi connectivity index (χ2v) is 20.7. The van der Waals surface area contributed by atoms with Crippen molar-refractivity contribution < 1.29 is 53.4 Å². The molecule has 0 radical (unpaired) electrons. The highest BCUT2D eigenvalue weighted by atomic mass is 28.4. The van der Waals surface area contributed by atoms with Gasteiger partial charge >= 0.3 is 5.97 Å². The number of hydrogen-bond donors (Lipinski definition) is 7. The summed E-state index contributed by atoms with van der Waals surface area (Å²) >= 11 is 0. The van der Waals surface area contributed by atoms with Crippen LogP contribution in [0.4, 0.5) is 14.5 Å². The monoisotopic (exact) mass is 814 g/mol. The smallest absolute Gasteiger partial charge is 0.303 e. The van der Waals surface area contributed by atoms with Crippen molar-refractivity contribution >= 4 is 32.0 Å². The Hall–Kier alpha value is -3.86. The third-order valence-electron chi connectivity index (χ3n) is 10.6. The van der Waals surface area contributed by atoms with Gasteiger partial charge in [-0.2, -0.15) is 0 Å². The third kappa shape index (κ3) is 13.6. The Labute approximate surface area is 335 Å². The summed E-state index contributed by atoms with van der Waals surface area (Å²) in [5.74, 6) is -1.78. The summed E-state index contributed by atoms with van der Waals surface area (Å²) < 4.78 is 34.4. The molecule has 1 fully saturated rings. The molecule has 1 aliphatic heterocycles. The van der Waals surface area contributed by atoms with E-state index >= 15 is 0 Å². The van der Waals surface area contributed by atoms with Crippen LogP contribution in [-0.4, -0.2) is 95.4 Å². The molecule has 0 aromatic heterocycles. The van der Waals surface area contributed by atoms with Crippen molar-refractivity contribution in [3.05, 3.63) is 107 Å². The summed E-state index contributed by atoms with van der Waals surface area (Å²) in [5.41, 5.74) is 3.51. The van der Waals surface area contributed by atoms with E-state index < -0.39 is 45.3 Å². The fourth-order valence-electron chi connectivity index (χ4n) is 6.22. The minimum absolute atomic E-state index is 0.0193. The van der Waals surface area contributed by atoms with Crippen LogP contribution in [0.25, 0.3) is 6.08 Å². The summed E-state index contributed by atoms with van der Waals surface area (Å²) in [7, 11) is -0.613. The van der Waals surface area contributed by atoms with E-state index in [2.05, 4.69) is 39.2 Å². The highest BCUT2D eigenvalue weighted by Crippen LogP contribution is 2.48. The zero-order valence-electron chi connectivity index (χ0n) is 33.7. The Morgan fingerprint density at radius 1 is 0.912 bits per heavy atom. The van der Waals surface area contributed by atoms with Gasteiger partial charge in [-0.1, -0.05) is 69.3 Å². The quantitative estimate of drug-likeness (QED) is 0.0424. The second-order valence-electron chi connectivity index (χ2n) is 15.9. The first kappa shape index (κ1) is 47.5. The number of hydrogen-bond acceptors (Lipinski definition) is 9. The number of carboxylic acids is 1. The Bertz CT molecular complexity index is 1720. The fourth-order valence-corrected chi connectivity index (χ4v) is 7.54. The number of benzene rings is 3. The van der Waals surface area contributed by atoms with Crippen LogP contribution < -0.4 is 10.2 Å². The van der Waals surface area contributed by atoms with Crippen LogP contribution in [0.1, 0.15) is 81.7 Å². The molecule has 7 unspecified atom stereocenters. The average molecular weight is 815 g/mol. The first-order valence-electron chi connectivity index (χ1n) is 19.3. The molecule has 7 atom stereocenters. The van der Waals surface area contributed by atoms with Gasteiger partial charge in [0.25, 0.3) is 0 Å². The predicted octanol–water partition coefficient (Wildman–Crippen LogP) is 6.12. The van der Waals surface area contributed by atoms with Gasteiger partial charge in [-0.25, -0.2) is 8.78 Å². The number of rotatable bonds is 19. The third-order valence-corrected chi connectivity index (χ3v) is 15.1. The lowest BCUT2D eigenvalue weighted by Gasteiger charge is -2.48. The highest BCUT2D eigenvalue weighted by Gasteiger charge is 2.49. The SMILES string of the molecule is CC(C)(C)[Si](C)(C)OC(CCC1C(=O)N(c2ccc(F)cc2)C1c1ccc(C=CCCCC(=O)O)cc1)c1ccc(F)cc1.CNCC(O)C(O)C(O)C(O)CO. The van der Waals surface area contributed by atoms with Crippen molar-refractivity contribution in [2.24, 2.45) is 5.92 Å². The largest absolute Gasteiger partial charge is 0.481 e. The average Bonchev–Trinajstić information content (AvgIpc) is 3.16. The molecule has 3 aromatic rings. The lowest BCUT2D eigenvalue weighted by Crippen LogP contribution is -2.55. The highest BCUT2D eigenvalue weighted by molar-refractivity contribution is 6.74. The molecule has 14 heteroatoms.